The average molecular weight is 337 g/mol. The lowest BCUT2D eigenvalue weighted by Crippen LogP contribution is -2.48. The van der Waals surface area contributed by atoms with Crippen LogP contribution in [0.1, 0.15) is 31.6 Å². The molecule has 0 radical (unpaired) electrons. The van der Waals surface area contributed by atoms with Crippen LogP contribution in [0.3, 0.4) is 0 Å². The van der Waals surface area contributed by atoms with E-state index in [4.69, 9.17) is 4.74 Å². The summed E-state index contributed by atoms with van der Waals surface area (Å²) in [5.41, 5.74) is 0. The summed E-state index contributed by atoms with van der Waals surface area (Å²) in [5, 5.41) is 2.04. The van der Waals surface area contributed by atoms with Crippen molar-refractivity contribution in [2.24, 2.45) is 5.92 Å². The molecule has 0 N–H and O–H groups in total. The second-order valence-corrected chi connectivity index (χ2v) is 8.09. The van der Waals surface area contributed by atoms with Gasteiger partial charge in [-0.3, -0.25) is 9.69 Å². The van der Waals surface area contributed by atoms with Crippen LogP contribution < -0.4 is 0 Å². The van der Waals surface area contributed by atoms with Gasteiger partial charge < -0.3 is 9.64 Å². The van der Waals surface area contributed by atoms with Crippen LogP contribution >= 0.6 is 11.3 Å². The number of rotatable bonds is 4. The maximum atomic E-state index is 12.4. The first-order chi connectivity index (χ1) is 11.1. The molecule has 4 nitrogen and oxygen atoms in total. The fourth-order valence-electron chi connectivity index (χ4n) is 3.84. The number of likely N-dealkylation sites (tertiary alicyclic amines) is 1. The van der Waals surface area contributed by atoms with Crippen molar-refractivity contribution in [3.05, 3.63) is 22.4 Å². The van der Waals surface area contributed by atoms with Crippen molar-refractivity contribution in [1.29, 1.82) is 0 Å². The number of carbonyl (C=O) groups is 1. The van der Waals surface area contributed by atoms with E-state index in [-0.39, 0.29) is 0 Å². The van der Waals surface area contributed by atoms with E-state index >= 15 is 0 Å². The molecule has 2 fully saturated rings. The van der Waals surface area contributed by atoms with Gasteiger partial charge in [0, 0.05) is 37.6 Å². The Bertz CT molecular complexity index is 487. The van der Waals surface area contributed by atoms with Gasteiger partial charge in [0.05, 0.1) is 18.6 Å². The summed E-state index contributed by atoms with van der Waals surface area (Å²) in [5.74, 6) is 1.01. The Morgan fingerprint density at radius 2 is 1.96 bits per heavy atom. The maximum absolute atomic E-state index is 12.4. The lowest BCUT2D eigenvalue weighted by molar-refractivity contribution is -0.132. The molecular weight excluding hydrogens is 308 g/mol. The number of thiophene rings is 1. The topological polar surface area (TPSA) is 32.8 Å². The zero-order valence-electron chi connectivity index (χ0n) is 14.2. The molecule has 2 unspecified atom stereocenters. The van der Waals surface area contributed by atoms with Gasteiger partial charge in [0.1, 0.15) is 0 Å². The lowest BCUT2D eigenvalue weighted by atomic mass is 9.95. The quantitative estimate of drug-likeness (QED) is 0.847. The summed E-state index contributed by atoms with van der Waals surface area (Å²) in [6.45, 7) is 9.41. The van der Waals surface area contributed by atoms with E-state index in [0.717, 1.165) is 51.5 Å². The molecule has 2 aliphatic heterocycles. The molecule has 0 spiro atoms. The van der Waals surface area contributed by atoms with E-state index in [1.54, 1.807) is 11.3 Å². The van der Waals surface area contributed by atoms with E-state index in [9.17, 15) is 4.79 Å². The fourth-order valence-corrected chi connectivity index (χ4v) is 4.53. The zero-order valence-corrected chi connectivity index (χ0v) is 15.1. The van der Waals surface area contributed by atoms with Crippen molar-refractivity contribution in [2.75, 3.05) is 32.7 Å². The monoisotopic (exact) mass is 336 g/mol. The van der Waals surface area contributed by atoms with Crippen LogP contribution in [-0.4, -0.2) is 60.6 Å². The second-order valence-electron chi connectivity index (χ2n) is 7.06. The number of piperidine rings is 1. The molecule has 3 heterocycles. The number of carbonyl (C=O) groups excluding carboxylic acids is 1. The molecule has 0 bridgehead atoms. The van der Waals surface area contributed by atoms with Crippen LogP contribution in [0.4, 0.5) is 0 Å². The number of ether oxygens (including phenoxy) is 1. The third-order valence-electron chi connectivity index (χ3n) is 4.88. The minimum Gasteiger partial charge on any atom is -0.373 e. The van der Waals surface area contributed by atoms with Gasteiger partial charge in [-0.2, -0.15) is 0 Å². The molecule has 5 heteroatoms. The van der Waals surface area contributed by atoms with Crippen LogP contribution in [0.5, 0.6) is 0 Å². The van der Waals surface area contributed by atoms with Gasteiger partial charge in [-0.1, -0.05) is 6.07 Å². The maximum Gasteiger partial charge on any atom is 0.227 e. The highest BCUT2D eigenvalue weighted by Gasteiger charge is 2.27. The van der Waals surface area contributed by atoms with Crippen LogP contribution in [0, 0.1) is 5.92 Å². The van der Waals surface area contributed by atoms with Crippen LogP contribution in [-0.2, 0) is 16.0 Å². The van der Waals surface area contributed by atoms with Crippen LogP contribution in [0.2, 0.25) is 0 Å². The third kappa shape index (κ3) is 4.78. The summed E-state index contributed by atoms with van der Waals surface area (Å²) in [6, 6.07) is 4.07. The highest BCUT2D eigenvalue weighted by Crippen LogP contribution is 2.22. The van der Waals surface area contributed by atoms with Crippen LogP contribution in [0.15, 0.2) is 17.5 Å². The Balaban J connectivity index is 1.42. The van der Waals surface area contributed by atoms with E-state index in [1.807, 2.05) is 11.4 Å². The van der Waals surface area contributed by atoms with Gasteiger partial charge in [-0.25, -0.2) is 0 Å². The Labute approximate surface area is 143 Å². The Kier molecular flexibility index (Phi) is 5.72. The van der Waals surface area contributed by atoms with E-state index in [1.165, 1.54) is 4.88 Å². The molecular formula is C18H28N2O2S. The number of nitrogens with zero attached hydrogens (tertiary/aromatic N) is 2. The Hall–Kier alpha value is -0.910. The van der Waals surface area contributed by atoms with E-state index in [2.05, 4.69) is 29.7 Å². The summed E-state index contributed by atoms with van der Waals surface area (Å²) >= 11 is 1.67. The minimum atomic E-state index is 0.291. The number of hydrogen-bond acceptors (Lipinski definition) is 4. The van der Waals surface area contributed by atoms with Gasteiger partial charge >= 0.3 is 0 Å². The van der Waals surface area contributed by atoms with Crippen molar-refractivity contribution < 1.29 is 9.53 Å². The molecule has 0 aromatic carbocycles. The minimum absolute atomic E-state index is 0.291. The molecule has 3 rings (SSSR count). The highest BCUT2D eigenvalue weighted by atomic mass is 32.1. The molecule has 128 valence electrons. The van der Waals surface area contributed by atoms with E-state index in [0.29, 0.717) is 24.5 Å². The molecule has 2 aliphatic rings. The first kappa shape index (κ1) is 16.9. The molecule has 2 atom stereocenters. The largest absolute Gasteiger partial charge is 0.373 e. The average Bonchev–Trinajstić information content (AvgIpc) is 3.00. The summed E-state index contributed by atoms with van der Waals surface area (Å²) < 4.78 is 5.81. The Morgan fingerprint density at radius 3 is 2.57 bits per heavy atom. The molecule has 1 aromatic rings. The number of hydrogen-bond donors (Lipinski definition) is 0. The summed E-state index contributed by atoms with van der Waals surface area (Å²) in [7, 11) is 0. The number of amides is 1. The molecule has 2 saturated heterocycles. The van der Waals surface area contributed by atoms with Gasteiger partial charge in [0.15, 0.2) is 0 Å². The predicted molar refractivity (Wildman–Crippen MR) is 93.8 cm³/mol. The van der Waals surface area contributed by atoms with Gasteiger partial charge in [0.25, 0.3) is 0 Å². The summed E-state index contributed by atoms with van der Waals surface area (Å²) in [4.78, 5) is 18.1. The van der Waals surface area contributed by atoms with Crippen molar-refractivity contribution in [2.45, 2.75) is 45.3 Å². The highest BCUT2D eigenvalue weighted by molar-refractivity contribution is 7.10. The lowest BCUT2D eigenvalue weighted by Gasteiger charge is -2.39. The number of morpholine rings is 1. The van der Waals surface area contributed by atoms with Gasteiger partial charge in [0.2, 0.25) is 5.91 Å². The van der Waals surface area contributed by atoms with Crippen molar-refractivity contribution >= 4 is 17.2 Å². The van der Waals surface area contributed by atoms with Crippen LogP contribution in [0.25, 0.3) is 0 Å². The van der Waals surface area contributed by atoms with Crippen molar-refractivity contribution in [3.63, 3.8) is 0 Å². The van der Waals surface area contributed by atoms with Gasteiger partial charge in [-0.15, -0.1) is 11.3 Å². The smallest absolute Gasteiger partial charge is 0.227 e. The van der Waals surface area contributed by atoms with Crippen molar-refractivity contribution in [3.8, 4) is 0 Å². The first-order valence-electron chi connectivity index (χ1n) is 8.78. The normalized spacial score (nSPS) is 27.3. The fraction of sp³-hybridized carbons (Fsp3) is 0.722. The third-order valence-corrected chi connectivity index (χ3v) is 5.76. The molecule has 0 aliphatic carbocycles. The van der Waals surface area contributed by atoms with Crippen molar-refractivity contribution in [1.82, 2.24) is 9.80 Å². The standard InChI is InChI=1S/C18H28N2O2S/c1-14-11-19(12-15(2)22-14)13-16-5-7-20(8-6-16)18(21)10-17-4-3-9-23-17/h3-4,9,14-16H,5-8,10-13H2,1-2H3. The zero-order chi connectivity index (χ0) is 16.2. The molecule has 0 saturated carbocycles. The molecule has 1 amide bonds. The first-order valence-corrected chi connectivity index (χ1v) is 9.66. The van der Waals surface area contributed by atoms with Gasteiger partial charge in [-0.05, 0) is 44.1 Å². The molecule has 23 heavy (non-hydrogen) atoms. The summed E-state index contributed by atoms with van der Waals surface area (Å²) in [6.07, 6.45) is 3.52. The predicted octanol–water partition coefficient (Wildman–Crippen LogP) is 2.64. The molecule has 1 aromatic heterocycles. The SMILES string of the molecule is CC1CN(CC2CCN(C(=O)Cc3cccs3)CC2)CC(C)O1. The Morgan fingerprint density at radius 1 is 1.26 bits per heavy atom. The van der Waals surface area contributed by atoms with E-state index < -0.39 is 0 Å². The second kappa shape index (κ2) is 7.77.